The number of carbonyl (C=O) groups is 2. The standard InChI is InChI=1S/C21H25N5O3/c1-15-3-6-17(7-4-15)26-12-11-25(21(26)28)14-20(27)24-10-9-18(13-24)29-19-8-5-16(2)22-23-19/h3-8,18H,9-14H2,1-2H3/t18-/m1/s1. The van der Waals surface area contributed by atoms with Crippen LogP contribution in [-0.4, -0.2) is 70.8 Å². The Kier molecular flexibility index (Phi) is 5.33. The van der Waals surface area contributed by atoms with Gasteiger partial charge in [-0.2, -0.15) is 5.10 Å². The van der Waals surface area contributed by atoms with Crippen LogP contribution in [0.15, 0.2) is 36.4 Å². The quantitative estimate of drug-likeness (QED) is 0.774. The number of amides is 3. The maximum atomic E-state index is 12.7. The molecule has 0 spiro atoms. The molecule has 2 aliphatic rings. The molecule has 1 aromatic heterocycles. The van der Waals surface area contributed by atoms with Gasteiger partial charge in [-0.3, -0.25) is 9.69 Å². The molecule has 1 aromatic carbocycles. The summed E-state index contributed by atoms with van der Waals surface area (Å²) in [6, 6.07) is 11.4. The van der Waals surface area contributed by atoms with E-state index in [1.165, 1.54) is 0 Å². The summed E-state index contributed by atoms with van der Waals surface area (Å²) in [5.74, 6) is 0.420. The molecule has 2 saturated heterocycles. The third-order valence-corrected chi connectivity index (χ3v) is 5.33. The van der Waals surface area contributed by atoms with Gasteiger partial charge in [-0.15, -0.1) is 5.10 Å². The van der Waals surface area contributed by atoms with Crippen LogP contribution >= 0.6 is 0 Å². The van der Waals surface area contributed by atoms with Crippen LogP contribution in [0, 0.1) is 13.8 Å². The van der Waals surface area contributed by atoms with Gasteiger partial charge in [-0.25, -0.2) is 4.79 Å². The smallest absolute Gasteiger partial charge is 0.325 e. The van der Waals surface area contributed by atoms with E-state index in [1.54, 1.807) is 20.8 Å². The van der Waals surface area contributed by atoms with Gasteiger partial charge >= 0.3 is 6.03 Å². The van der Waals surface area contributed by atoms with Crippen molar-refractivity contribution in [3.05, 3.63) is 47.7 Å². The average molecular weight is 395 g/mol. The molecule has 0 bridgehead atoms. The minimum absolute atomic E-state index is 0.0507. The zero-order valence-corrected chi connectivity index (χ0v) is 16.7. The largest absolute Gasteiger partial charge is 0.471 e. The lowest BCUT2D eigenvalue weighted by Gasteiger charge is -2.22. The summed E-state index contributed by atoms with van der Waals surface area (Å²) in [5.41, 5.74) is 2.84. The molecule has 2 aromatic rings. The molecular weight excluding hydrogens is 370 g/mol. The highest BCUT2D eigenvalue weighted by Crippen LogP contribution is 2.22. The zero-order chi connectivity index (χ0) is 20.4. The summed E-state index contributed by atoms with van der Waals surface area (Å²) in [5, 5.41) is 8.00. The molecule has 2 fully saturated rings. The first-order valence-corrected chi connectivity index (χ1v) is 9.87. The van der Waals surface area contributed by atoms with Gasteiger partial charge in [-0.05, 0) is 32.0 Å². The summed E-state index contributed by atoms with van der Waals surface area (Å²) < 4.78 is 5.83. The zero-order valence-electron chi connectivity index (χ0n) is 16.7. The molecule has 152 valence electrons. The van der Waals surface area contributed by atoms with E-state index in [1.807, 2.05) is 44.2 Å². The van der Waals surface area contributed by atoms with E-state index in [9.17, 15) is 9.59 Å². The van der Waals surface area contributed by atoms with Crippen molar-refractivity contribution in [2.75, 3.05) is 37.6 Å². The predicted octanol–water partition coefficient (Wildman–Crippen LogP) is 2.02. The van der Waals surface area contributed by atoms with Crippen LogP contribution < -0.4 is 9.64 Å². The van der Waals surface area contributed by atoms with Gasteiger partial charge in [0.1, 0.15) is 12.6 Å². The van der Waals surface area contributed by atoms with Crippen molar-refractivity contribution in [1.29, 1.82) is 0 Å². The summed E-state index contributed by atoms with van der Waals surface area (Å²) in [7, 11) is 0. The molecule has 29 heavy (non-hydrogen) atoms. The van der Waals surface area contributed by atoms with Crippen molar-refractivity contribution in [3.63, 3.8) is 0 Å². The lowest BCUT2D eigenvalue weighted by atomic mass is 10.2. The highest BCUT2D eigenvalue weighted by Gasteiger charge is 2.34. The summed E-state index contributed by atoms with van der Waals surface area (Å²) in [6.07, 6.45) is 0.638. The normalized spacial score (nSPS) is 19.2. The van der Waals surface area contributed by atoms with Crippen molar-refractivity contribution in [1.82, 2.24) is 20.0 Å². The second kappa shape index (κ2) is 8.06. The van der Waals surface area contributed by atoms with Crippen LogP contribution in [0.3, 0.4) is 0 Å². The highest BCUT2D eigenvalue weighted by molar-refractivity contribution is 5.96. The van der Waals surface area contributed by atoms with Gasteiger partial charge in [0, 0.05) is 37.8 Å². The van der Waals surface area contributed by atoms with Gasteiger partial charge in [0.15, 0.2) is 0 Å². The first-order valence-electron chi connectivity index (χ1n) is 9.87. The van der Waals surface area contributed by atoms with Crippen molar-refractivity contribution in [2.24, 2.45) is 0 Å². The van der Waals surface area contributed by atoms with E-state index in [0.717, 1.165) is 23.4 Å². The number of hydrogen-bond donors (Lipinski definition) is 0. The van der Waals surface area contributed by atoms with Gasteiger partial charge in [-0.1, -0.05) is 17.7 Å². The van der Waals surface area contributed by atoms with Crippen LogP contribution in [0.25, 0.3) is 0 Å². The monoisotopic (exact) mass is 395 g/mol. The first kappa shape index (κ1) is 19.2. The fourth-order valence-corrected chi connectivity index (χ4v) is 3.63. The fourth-order valence-electron chi connectivity index (χ4n) is 3.63. The highest BCUT2D eigenvalue weighted by atomic mass is 16.5. The Morgan fingerprint density at radius 3 is 2.59 bits per heavy atom. The molecule has 0 aliphatic carbocycles. The van der Waals surface area contributed by atoms with Crippen molar-refractivity contribution < 1.29 is 14.3 Å². The van der Waals surface area contributed by atoms with Crippen LogP contribution in [-0.2, 0) is 4.79 Å². The van der Waals surface area contributed by atoms with E-state index >= 15 is 0 Å². The van der Waals surface area contributed by atoms with Gasteiger partial charge in [0.25, 0.3) is 0 Å². The second-order valence-electron chi connectivity index (χ2n) is 7.57. The van der Waals surface area contributed by atoms with Crippen LogP contribution in [0.4, 0.5) is 10.5 Å². The Bertz CT molecular complexity index is 884. The van der Waals surface area contributed by atoms with Crippen LogP contribution in [0.2, 0.25) is 0 Å². The van der Waals surface area contributed by atoms with Gasteiger partial charge in [0.05, 0.1) is 12.2 Å². The molecule has 0 unspecified atom stereocenters. The maximum absolute atomic E-state index is 12.7. The van der Waals surface area contributed by atoms with Crippen LogP contribution in [0.1, 0.15) is 17.7 Å². The molecule has 3 amide bonds. The van der Waals surface area contributed by atoms with E-state index in [2.05, 4.69) is 10.2 Å². The Labute approximate surface area is 170 Å². The first-order chi connectivity index (χ1) is 14.0. The second-order valence-corrected chi connectivity index (χ2v) is 7.57. The van der Waals surface area contributed by atoms with Gasteiger partial charge < -0.3 is 14.5 Å². The number of urea groups is 1. The van der Waals surface area contributed by atoms with E-state index in [-0.39, 0.29) is 24.6 Å². The Balaban J connectivity index is 1.30. The van der Waals surface area contributed by atoms with E-state index < -0.39 is 0 Å². The van der Waals surface area contributed by atoms with Crippen LogP contribution in [0.5, 0.6) is 5.88 Å². The molecule has 0 saturated carbocycles. The lowest BCUT2D eigenvalue weighted by molar-refractivity contribution is -0.130. The molecule has 8 nitrogen and oxygen atoms in total. The lowest BCUT2D eigenvalue weighted by Crippen LogP contribution is -2.42. The number of ether oxygens (including phenoxy) is 1. The van der Waals surface area contributed by atoms with E-state index in [4.69, 9.17) is 4.74 Å². The Morgan fingerprint density at radius 1 is 1.07 bits per heavy atom. The number of carbonyl (C=O) groups excluding carboxylic acids is 2. The molecular formula is C21H25N5O3. The third-order valence-electron chi connectivity index (χ3n) is 5.33. The number of rotatable bonds is 5. The molecule has 8 heteroatoms. The molecule has 0 radical (unpaired) electrons. The van der Waals surface area contributed by atoms with Crippen molar-refractivity contribution in [3.8, 4) is 5.88 Å². The number of likely N-dealkylation sites (tertiary alicyclic amines) is 1. The fraction of sp³-hybridized carbons (Fsp3) is 0.429. The molecule has 0 N–H and O–H groups in total. The maximum Gasteiger partial charge on any atom is 0.325 e. The summed E-state index contributed by atoms with van der Waals surface area (Å²) in [6.45, 7) is 6.23. The molecule has 3 heterocycles. The topological polar surface area (TPSA) is 78.9 Å². The van der Waals surface area contributed by atoms with Crippen molar-refractivity contribution >= 4 is 17.6 Å². The van der Waals surface area contributed by atoms with Gasteiger partial charge in [0.2, 0.25) is 11.8 Å². The third kappa shape index (κ3) is 4.31. The number of aromatic nitrogens is 2. The Hall–Kier alpha value is -3.16. The van der Waals surface area contributed by atoms with Crippen molar-refractivity contribution in [2.45, 2.75) is 26.4 Å². The number of hydrogen-bond acceptors (Lipinski definition) is 5. The average Bonchev–Trinajstić information content (AvgIpc) is 3.32. The number of nitrogens with zero attached hydrogens (tertiary/aromatic N) is 5. The molecule has 4 rings (SSSR count). The predicted molar refractivity (Wildman–Crippen MR) is 108 cm³/mol. The molecule has 1 atom stereocenters. The number of anilines is 1. The SMILES string of the molecule is Cc1ccc(N2CCN(CC(=O)N3CC[C@@H](Oc4ccc(C)nn4)C3)C2=O)cc1. The molecule has 2 aliphatic heterocycles. The minimum atomic E-state index is -0.121. The summed E-state index contributed by atoms with van der Waals surface area (Å²) >= 11 is 0. The summed E-state index contributed by atoms with van der Waals surface area (Å²) in [4.78, 5) is 30.5. The Morgan fingerprint density at radius 2 is 1.86 bits per heavy atom. The number of aryl methyl sites for hydroxylation is 2. The number of benzene rings is 1. The van der Waals surface area contributed by atoms with E-state index in [0.29, 0.717) is 32.1 Å². The minimum Gasteiger partial charge on any atom is -0.471 e.